The van der Waals surface area contributed by atoms with Crippen LogP contribution in [-0.2, 0) is 42.8 Å². The van der Waals surface area contributed by atoms with Crippen molar-refractivity contribution in [1.29, 1.82) is 0 Å². The topological polar surface area (TPSA) is 166 Å². The molecule has 13 nitrogen and oxygen atoms in total. The van der Waals surface area contributed by atoms with Gasteiger partial charge in [-0.2, -0.15) is 8.78 Å². The van der Waals surface area contributed by atoms with Crippen LogP contribution >= 0.6 is 0 Å². The van der Waals surface area contributed by atoms with Gasteiger partial charge in [0.2, 0.25) is 17.5 Å². The number of carbonyl (C=O) groups is 3. The lowest BCUT2D eigenvalue weighted by atomic mass is 10.1. The second-order valence-corrected chi connectivity index (χ2v) is 9.69. The van der Waals surface area contributed by atoms with E-state index < -0.39 is 29.0 Å². The van der Waals surface area contributed by atoms with Gasteiger partial charge >= 0.3 is 0 Å². The lowest BCUT2D eigenvalue weighted by molar-refractivity contribution is -0.121. The molecule has 0 aliphatic carbocycles. The second-order valence-electron chi connectivity index (χ2n) is 9.69. The first-order valence-corrected chi connectivity index (χ1v) is 16.5. The molecule has 0 aromatic heterocycles. The molecule has 0 aliphatic rings. The summed E-state index contributed by atoms with van der Waals surface area (Å²) in [5, 5.41) is 5.90. The van der Waals surface area contributed by atoms with E-state index in [0.29, 0.717) is 98.5 Å². The van der Waals surface area contributed by atoms with E-state index in [9.17, 15) is 31.9 Å². The minimum Gasteiger partial charge on any atom is -0.491 e. The van der Waals surface area contributed by atoms with Crippen LogP contribution in [-0.4, -0.2) is 132 Å². The molecule has 1 aromatic rings. The highest BCUT2D eigenvalue weighted by Crippen LogP contribution is 2.25. The summed E-state index contributed by atoms with van der Waals surface area (Å²) in [6.07, 6.45) is 7.64. The first-order chi connectivity index (χ1) is 24.7. The van der Waals surface area contributed by atoms with Crippen molar-refractivity contribution in [1.82, 2.24) is 10.6 Å². The van der Waals surface area contributed by atoms with Crippen molar-refractivity contribution < 1.29 is 65.1 Å². The Kier molecular flexibility index (Phi) is 42.5. The number of ether oxygens (including phenoxy) is 7. The number of nitrogens with one attached hydrogen (secondary N) is 2. The monoisotopic (exact) mass is 745 g/mol. The zero-order valence-corrected chi connectivity index (χ0v) is 30.5. The van der Waals surface area contributed by atoms with Crippen LogP contribution < -0.4 is 21.1 Å². The molecule has 0 aliphatic heterocycles. The Bertz CT molecular complexity index is 949. The molecule has 0 radical (unpaired) electrons. The van der Waals surface area contributed by atoms with Crippen molar-refractivity contribution in [2.45, 2.75) is 44.6 Å². The van der Waals surface area contributed by atoms with Crippen molar-refractivity contribution in [3.05, 3.63) is 42.0 Å². The summed E-state index contributed by atoms with van der Waals surface area (Å²) < 4.78 is 85.6. The lowest BCUT2D eigenvalue weighted by Crippen LogP contribution is -2.30. The zero-order valence-electron chi connectivity index (χ0n) is 30.5. The average Bonchev–Trinajstić information content (AvgIpc) is 3.14. The van der Waals surface area contributed by atoms with Gasteiger partial charge in [-0.15, -0.1) is 6.58 Å². The molecule has 1 rings (SSSR count). The van der Waals surface area contributed by atoms with Crippen LogP contribution in [0.15, 0.2) is 18.7 Å². The van der Waals surface area contributed by atoms with E-state index in [-0.39, 0.29) is 18.0 Å². The van der Waals surface area contributed by atoms with Gasteiger partial charge in [0, 0.05) is 45.0 Å². The van der Waals surface area contributed by atoms with Gasteiger partial charge in [0.15, 0.2) is 17.4 Å². The van der Waals surface area contributed by atoms with Crippen LogP contribution in [0.1, 0.15) is 38.5 Å². The predicted molar refractivity (Wildman–Crippen MR) is 185 cm³/mol. The summed E-state index contributed by atoms with van der Waals surface area (Å²) in [5.74, 6) is -7.05. The highest BCUT2D eigenvalue weighted by Gasteiger charge is 2.19. The fraction of sp³-hybridized carbons (Fsp3) is 0.676. The molecule has 1 unspecified atom stereocenters. The van der Waals surface area contributed by atoms with E-state index in [0.717, 1.165) is 38.9 Å². The second kappa shape index (κ2) is 41.4. The van der Waals surface area contributed by atoms with Gasteiger partial charge in [0.1, 0.15) is 12.6 Å². The SMILES string of the molecule is C=CC(CCC(=O)NCCOCCOCCOCCOCCOCCOC)NC.CN.COc1c(F)c(F)cc(F)c1F.O=CCCCCC=O. The maximum atomic E-state index is 12.5. The number of nitrogens with two attached hydrogens (primary N) is 1. The van der Waals surface area contributed by atoms with Crippen molar-refractivity contribution in [2.24, 2.45) is 5.73 Å². The van der Waals surface area contributed by atoms with Crippen LogP contribution in [0.5, 0.6) is 5.75 Å². The smallest absolute Gasteiger partial charge is 0.220 e. The normalized spacial score (nSPS) is 10.7. The maximum absolute atomic E-state index is 12.5. The number of amides is 1. The van der Waals surface area contributed by atoms with Crippen molar-refractivity contribution in [3.63, 3.8) is 0 Å². The third kappa shape index (κ3) is 33.9. The number of unbranched alkanes of at least 4 members (excludes halogenated alkanes) is 3. The minimum absolute atomic E-state index is 0.0201. The molecule has 0 saturated carbocycles. The Labute approximate surface area is 299 Å². The van der Waals surface area contributed by atoms with Crippen LogP contribution in [0.3, 0.4) is 0 Å². The number of hydrogen-bond donors (Lipinski definition) is 3. The minimum atomic E-state index is -1.53. The van der Waals surface area contributed by atoms with Gasteiger partial charge in [-0.25, -0.2) is 8.78 Å². The molecule has 1 amide bonds. The predicted octanol–water partition coefficient (Wildman–Crippen LogP) is 3.16. The fourth-order valence-corrected chi connectivity index (χ4v) is 3.33. The van der Waals surface area contributed by atoms with E-state index in [1.54, 1.807) is 13.2 Å². The van der Waals surface area contributed by atoms with Crippen LogP contribution in [0, 0.1) is 23.3 Å². The number of halogens is 4. The number of rotatable bonds is 29. The number of carbonyl (C=O) groups excluding carboxylic acids is 3. The van der Waals surface area contributed by atoms with E-state index in [4.69, 9.17) is 28.4 Å². The fourth-order valence-electron chi connectivity index (χ4n) is 3.33. The van der Waals surface area contributed by atoms with Crippen LogP contribution in [0.2, 0.25) is 0 Å². The van der Waals surface area contributed by atoms with Gasteiger partial charge in [-0.05, 0) is 33.4 Å². The molecule has 4 N–H and O–H groups in total. The molecule has 1 atom stereocenters. The Morgan fingerprint density at radius 3 is 1.53 bits per heavy atom. The number of benzene rings is 1. The zero-order chi connectivity index (χ0) is 39.0. The third-order valence-corrected chi connectivity index (χ3v) is 6.00. The first kappa shape index (κ1) is 52.3. The highest BCUT2D eigenvalue weighted by atomic mass is 19.2. The van der Waals surface area contributed by atoms with E-state index in [1.165, 1.54) is 7.05 Å². The number of hydrogen-bond acceptors (Lipinski definition) is 12. The molecular formula is C34H59F4N3O10. The standard InChI is InChI=1S/C20H40N2O7.C7H4F4O.C6H10O2.CH5N/c1-4-19(21-2)5-6-20(23)22-7-8-25-11-12-27-15-16-29-18-17-28-14-13-26-10-9-24-3;1-12-7-5(10)3(8)2-4(9)6(7)11;7-5-3-1-2-4-6-8;1-2/h4,19,21H,1,5-18H2,2-3H3,(H,22,23);2H,1H3;5-6H,1-4H2;2H2,1H3. The van der Waals surface area contributed by atoms with Gasteiger partial charge in [-0.1, -0.05) is 6.08 Å². The largest absolute Gasteiger partial charge is 0.491 e. The molecule has 0 heterocycles. The highest BCUT2D eigenvalue weighted by molar-refractivity contribution is 5.75. The molecule has 0 saturated heterocycles. The van der Waals surface area contributed by atoms with Gasteiger partial charge in [-0.3, -0.25) is 4.79 Å². The number of methoxy groups -OCH3 is 2. The molecule has 0 spiro atoms. The third-order valence-electron chi connectivity index (χ3n) is 6.00. The molecule has 1 aromatic carbocycles. The van der Waals surface area contributed by atoms with Crippen molar-refractivity contribution >= 4 is 18.5 Å². The molecule has 51 heavy (non-hydrogen) atoms. The molecule has 0 bridgehead atoms. The Balaban J connectivity index is -0.000000847. The summed E-state index contributed by atoms with van der Waals surface area (Å²) >= 11 is 0. The van der Waals surface area contributed by atoms with E-state index in [1.807, 2.05) is 7.05 Å². The van der Waals surface area contributed by atoms with E-state index >= 15 is 0 Å². The lowest BCUT2D eigenvalue weighted by Gasteiger charge is -2.11. The van der Waals surface area contributed by atoms with Gasteiger partial charge in [0.05, 0.1) is 79.8 Å². The quantitative estimate of drug-likeness (QED) is 0.0361. The summed E-state index contributed by atoms with van der Waals surface area (Å²) in [5.41, 5.74) is 4.50. The van der Waals surface area contributed by atoms with Crippen LogP contribution in [0.4, 0.5) is 17.6 Å². The van der Waals surface area contributed by atoms with Gasteiger partial charge in [0.25, 0.3) is 0 Å². The van der Waals surface area contributed by atoms with Gasteiger partial charge < -0.3 is 59.1 Å². The summed E-state index contributed by atoms with van der Waals surface area (Å²) in [4.78, 5) is 31.0. The Morgan fingerprint density at radius 1 is 0.765 bits per heavy atom. The first-order valence-electron chi connectivity index (χ1n) is 16.5. The summed E-state index contributed by atoms with van der Waals surface area (Å²) in [7, 11) is 5.91. The van der Waals surface area contributed by atoms with Crippen molar-refractivity contribution in [3.8, 4) is 5.75 Å². The number of aldehydes is 2. The average molecular weight is 746 g/mol. The molecule has 17 heteroatoms. The molecule has 0 fully saturated rings. The Hall–Kier alpha value is -3.03. The Morgan fingerprint density at radius 2 is 1.18 bits per heavy atom. The summed E-state index contributed by atoms with van der Waals surface area (Å²) in [6, 6.07) is 0.282. The van der Waals surface area contributed by atoms with Crippen LogP contribution in [0.25, 0.3) is 0 Å². The number of likely N-dealkylation sites (N-methyl/N-ethyl adjacent to an activating group) is 1. The van der Waals surface area contributed by atoms with Crippen molar-refractivity contribution in [2.75, 3.05) is 108 Å². The summed E-state index contributed by atoms with van der Waals surface area (Å²) in [6.45, 7) is 10.0. The molecule has 298 valence electrons. The van der Waals surface area contributed by atoms with E-state index in [2.05, 4.69) is 27.7 Å². The maximum Gasteiger partial charge on any atom is 0.220 e. The molecular weight excluding hydrogens is 686 g/mol.